The smallest absolute Gasteiger partial charge is 0.168 e. The van der Waals surface area contributed by atoms with Crippen molar-refractivity contribution in [3.05, 3.63) is 48.7 Å². The highest BCUT2D eigenvalue weighted by molar-refractivity contribution is 5.72. The number of para-hydroxylation sites is 1. The highest BCUT2D eigenvalue weighted by atomic mass is 15.1. The average molecular weight is 252 g/mol. The molecule has 2 aromatic heterocycles. The molecule has 0 radical (unpaired) electrons. The van der Waals surface area contributed by atoms with Gasteiger partial charge in [-0.15, -0.1) is 0 Å². The van der Waals surface area contributed by atoms with Gasteiger partial charge in [-0.05, 0) is 12.1 Å². The Labute approximate surface area is 112 Å². The molecule has 0 saturated carbocycles. The average Bonchev–Trinajstić information content (AvgIpc) is 2.81. The van der Waals surface area contributed by atoms with Gasteiger partial charge in [0.2, 0.25) is 0 Å². The van der Waals surface area contributed by atoms with Crippen LogP contribution < -0.4 is 0 Å². The Morgan fingerprint density at radius 3 is 2.42 bits per heavy atom. The maximum Gasteiger partial charge on any atom is 0.168 e. The van der Waals surface area contributed by atoms with E-state index in [9.17, 15) is 0 Å². The Kier molecular flexibility index (Phi) is 2.59. The summed E-state index contributed by atoms with van der Waals surface area (Å²) in [4.78, 5) is 13.4. The first-order valence-electron chi connectivity index (χ1n) is 6.32. The normalized spacial score (nSPS) is 11.9. The number of aromatic nitrogens is 4. The van der Waals surface area contributed by atoms with E-state index in [2.05, 4.69) is 35.7 Å². The van der Waals surface area contributed by atoms with E-state index < -0.39 is 0 Å². The first-order valence-corrected chi connectivity index (χ1v) is 6.32. The first kappa shape index (κ1) is 11.8. The lowest BCUT2D eigenvalue weighted by Crippen LogP contribution is -2.16. The van der Waals surface area contributed by atoms with Crippen LogP contribution in [0.25, 0.3) is 16.9 Å². The van der Waals surface area contributed by atoms with Crippen LogP contribution in [0.3, 0.4) is 0 Å². The molecular formula is C15H16N4. The van der Waals surface area contributed by atoms with Crippen molar-refractivity contribution < 1.29 is 0 Å². The minimum absolute atomic E-state index is 0.0695. The van der Waals surface area contributed by atoms with E-state index >= 15 is 0 Å². The van der Waals surface area contributed by atoms with Gasteiger partial charge in [-0.2, -0.15) is 0 Å². The molecule has 19 heavy (non-hydrogen) atoms. The molecule has 1 aromatic carbocycles. The van der Waals surface area contributed by atoms with Crippen LogP contribution in [0.4, 0.5) is 0 Å². The van der Waals surface area contributed by atoms with Gasteiger partial charge < -0.3 is 0 Å². The predicted octanol–water partition coefficient (Wildman–Crippen LogP) is 3.11. The molecule has 0 amide bonds. The second-order valence-electron chi connectivity index (χ2n) is 5.60. The molecule has 4 heteroatoms. The van der Waals surface area contributed by atoms with Gasteiger partial charge in [0, 0.05) is 11.1 Å². The topological polar surface area (TPSA) is 43.6 Å². The maximum absolute atomic E-state index is 4.67. The molecule has 0 aliphatic rings. The Balaban J connectivity index is 2.22. The maximum atomic E-state index is 4.67. The number of hydrogen-bond donors (Lipinski definition) is 0. The Morgan fingerprint density at radius 2 is 1.74 bits per heavy atom. The van der Waals surface area contributed by atoms with Crippen LogP contribution in [0.1, 0.15) is 26.6 Å². The van der Waals surface area contributed by atoms with Gasteiger partial charge in [0.05, 0.1) is 6.20 Å². The third-order valence-electron chi connectivity index (χ3n) is 3.00. The highest BCUT2D eigenvalue weighted by Crippen LogP contribution is 2.21. The second-order valence-corrected chi connectivity index (χ2v) is 5.60. The summed E-state index contributed by atoms with van der Waals surface area (Å²) in [7, 11) is 0. The molecule has 3 rings (SSSR count). The van der Waals surface area contributed by atoms with Crippen molar-refractivity contribution in [1.82, 2.24) is 19.5 Å². The van der Waals surface area contributed by atoms with E-state index in [4.69, 9.17) is 0 Å². The van der Waals surface area contributed by atoms with E-state index in [1.165, 1.54) is 0 Å². The molecular weight excluding hydrogens is 236 g/mol. The van der Waals surface area contributed by atoms with Gasteiger partial charge in [0.25, 0.3) is 0 Å². The van der Waals surface area contributed by atoms with Crippen molar-refractivity contribution in [2.75, 3.05) is 0 Å². The summed E-state index contributed by atoms with van der Waals surface area (Å²) in [6.07, 6.45) is 3.59. The van der Waals surface area contributed by atoms with Crippen molar-refractivity contribution in [2.24, 2.45) is 0 Å². The third kappa shape index (κ3) is 2.10. The molecule has 4 nitrogen and oxygen atoms in total. The van der Waals surface area contributed by atoms with E-state index in [1.807, 2.05) is 34.9 Å². The molecule has 0 fully saturated rings. The third-order valence-corrected chi connectivity index (χ3v) is 3.00. The molecule has 2 heterocycles. The van der Waals surface area contributed by atoms with Gasteiger partial charge in [-0.25, -0.2) is 15.0 Å². The molecule has 0 spiro atoms. The van der Waals surface area contributed by atoms with Crippen LogP contribution in [-0.2, 0) is 5.41 Å². The molecule has 3 aromatic rings. The van der Waals surface area contributed by atoms with Crippen LogP contribution in [0.2, 0.25) is 0 Å². The minimum atomic E-state index is -0.0695. The predicted molar refractivity (Wildman–Crippen MR) is 75.4 cm³/mol. The molecule has 0 atom stereocenters. The van der Waals surface area contributed by atoms with Crippen LogP contribution in [0, 0.1) is 0 Å². The molecule has 0 N–H and O–H groups in total. The number of rotatable bonds is 1. The van der Waals surface area contributed by atoms with Crippen molar-refractivity contribution in [3.63, 3.8) is 0 Å². The summed E-state index contributed by atoms with van der Waals surface area (Å²) in [6.45, 7) is 6.33. The Hall–Kier alpha value is -2.23. The van der Waals surface area contributed by atoms with Crippen LogP contribution in [0.15, 0.2) is 42.9 Å². The summed E-state index contributed by atoms with van der Waals surface area (Å²) in [5.74, 6) is 0.831. The lowest BCUT2D eigenvalue weighted by atomic mass is 9.96. The lowest BCUT2D eigenvalue weighted by Gasteiger charge is -2.16. The van der Waals surface area contributed by atoms with Gasteiger partial charge >= 0.3 is 0 Å². The fraction of sp³-hybridized carbons (Fsp3) is 0.267. The highest BCUT2D eigenvalue weighted by Gasteiger charge is 2.19. The number of benzene rings is 1. The zero-order valence-corrected chi connectivity index (χ0v) is 11.3. The SMILES string of the molecule is CC(C)(C)c1ncc2ncn(-c3ccccc3)c2n1. The lowest BCUT2D eigenvalue weighted by molar-refractivity contribution is 0.547. The molecule has 96 valence electrons. The monoisotopic (exact) mass is 252 g/mol. The number of hydrogen-bond acceptors (Lipinski definition) is 3. The second kappa shape index (κ2) is 4.16. The Morgan fingerprint density at radius 1 is 1.00 bits per heavy atom. The summed E-state index contributed by atoms with van der Waals surface area (Å²) in [6, 6.07) is 10.1. The fourth-order valence-corrected chi connectivity index (χ4v) is 1.95. The van der Waals surface area contributed by atoms with Crippen molar-refractivity contribution >= 4 is 11.2 Å². The van der Waals surface area contributed by atoms with Crippen LogP contribution in [0.5, 0.6) is 0 Å². The van der Waals surface area contributed by atoms with Crippen LogP contribution >= 0.6 is 0 Å². The van der Waals surface area contributed by atoms with Gasteiger partial charge in [0.15, 0.2) is 5.65 Å². The summed E-state index contributed by atoms with van der Waals surface area (Å²) in [5.41, 5.74) is 2.66. The van der Waals surface area contributed by atoms with Crippen molar-refractivity contribution in [2.45, 2.75) is 26.2 Å². The van der Waals surface area contributed by atoms with E-state index in [1.54, 1.807) is 12.5 Å². The van der Waals surface area contributed by atoms with E-state index in [0.717, 1.165) is 22.7 Å². The summed E-state index contributed by atoms with van der Waals surface area (Å²) in [5, 5.41) is 0. The number of imidazole rings is 1. The fourth-order valence-electron chi connectivity index (χ4n) is 1.95. The quantitative estimate of drug-likeness (QED) is 0.668. The van der Waals surface area contributed by atoms with Gasteiger partial charge in [-0.1, -0.05) is 39.0 Å². The first-order chi connectivity index (χ1) is 9.05. The van der Waals surface area contributed by atoms with Crippen molar-refractivity contribution in [1.29, 1.82) is 0 Å². The van der Waals surface area contributed by atoms with Gasteiger partial charge in [0.1, 0.15) is 17.7 Å². The largest absolute Gasteiger partial charge is 0.283 e. The molecule has 0 aliphatic heterocycles. The van der Waals surface area contributed by atoms with Gasteiger partial charge in [-0.3, -0.25) is 4.57 Å². The minimum Gasteiger partial charge on any atom is -0.283 e. The number of fused-ring (bicyclic) bond motifs is 1. The molecule has 0 saturated heterocycles. The summed E-state index contributed by atoms with van der Waals surface area (Å²) >= 11 is 0. The van der Waals surface area contributed by atoms with E-state index in [0.29, 0.717) is 0 Å². The molecule has 0 bridgehead atoms. The number of nitrogens with zero attached hydrogens (tertiary/aromatic N) is 4. The van der Waals surface area contributed by atoms with E-state index in [-0.39, 0.29) is 5.41 Å². The van der Waals surface area contributed by atoms with Crippen molar-refractivity contribution in [3.8, 4) is 5.69 Å². The molecule has 0 aliphatic carbocycles. The molecule has 0 unspecified atom stereocenters. The zero-order valence-electron chi connectivity index (χ0n) is 11.3. The zero-order chi connectivity index (χ0) is 13.5. The van der Waals surface area contributed by atoms with Crippen LogP contribution in [-0.4, -0.2) is 19.5 Å². The standard InChI is InChI=1S/C15H16N4/c1-15(2,3)14-16-9-12-13(18-14)19(10-17-12)11-7-5-4-6-8-11/h4-10H,1-3H3. The Bertz CT molecular complexity index is 708. The summed E-state index contributed by atoms with van der Waals surface area (Å²) < 4.78 is 1.99.